The quantitative estimate of drug-likeness (QED) is 0.637. The van der Waals surface area contributed by atoms with Gasteiger partial charge in [0.15, 0.2) is 0 Å². The molecular formula is C17H17N3O. The van der Waals surface area contributed by atoms with E-state index in [1.165, 1.54) is 6.33 Å². The van der Waals surface area contributed by atoms with Crippen molar-refractivity contribution in [1.82, 2.24) is 9.97 Å². The molecule has 0 saturated heterocycles. The Kier molecular flexibility index (Phi) is 5.05. The van der Waals surface area contributed by atoms with Crippen LogP contribution in [0.25, 0.3) is 0 Å². The van der Waals surface area contributed by atoms with Gasteiger partial charge in [-0.15, -0.1) is 0 Å². The second-order valence-electron chi connectivity index (χ2n) is 4.39. The van der Waals surface area contributed by atoms with E-state index in [1.807, 2.05) is 24.3 Å². The zero-order chi connectivity index (χ0) is 15.1. The summed E-state index contributed by atoms with van der Waals surface area (Å²) in [5.41, 5.74) is 2.24. The smallest absolute Gasteiger partial charge is 0.236 e. The first-order valence-electron chi connectivity index (χ1n) is 6.92. The minimum Gasteiger partial charge on any atom is -0.372 e. The van der Waals surface area contributed by atoms with Crippen molar-refractivity contribution >= 4 is 11.5 Å². The fraction of sp³-hybridized carbons (Fsp3) is 0.235. The number of carbonyl (C=O) groups is 1. The Morgan fingerprint density at radius 3 is 2.43 bits per heavy atom. The lowest BCUT2D eigenvalue weighted by atomic mass is 10.1. The summed E-state index contributed by atoms with van der Waals surface area (Å²) in [6.45, 7) is 6.10. The van der Waals surface area contributed by atoms with Crippen molar-refractivity contribution in [2.24, 2.45) is 0 Å². The molecular weight excluding hydrogens is 262 g/mol. The van der Waals surface area contributed by atoms with Crippen LogP contribution in [-0.4, -0.2) is 28.8 Å². The van der Waals surface area contributed by atoms with Crippen LogP contribution in [0.3, 0.4) is 0 Å². The van der Waals surface area contributed by atoms with Crippen LogP contribution in [-0.2, 0) is 0 Å². The van der Waals surface area contributed by atoms with Crippen LogP contribution in [0.15, 0.2) is 42.9 Å². The topological polar surface area (TPSA) is 46.1 Å². The van der Waals surface area contributed by atoms with Crippen LogP contribution in [0.1, 0.15) is 29.9 Å². The third-order valence-corrected chi connectivity index (χ3v) is 3.14. The van der Waals surface area contributed by atoms with Gasteiger partial charge in [0.1, 0.15) is 12.0 Å². The van der Waals surface area contributed by atoms with Gasteiger partial charge in [-0.05, 0) is 56.0 Å². The first-order chi connectivity index (χ1) is 10.2. The molecule has 2 aromatic rings. The molecule has 1 aromatic carbocycles. The number of carbonyl (C=O) groups excluding carboxylic acids is 1. The maximum absolute atomic E-state index is 12.0. The molecule has 0 saturated carbocycles. The summed E-state index contributed by atoms with van der Waals surface area (Å²) < 4.78 is 0. The molecule has 106 valence electrons. The molecule has 4 heteroatoms. The molecule has 21 heavy (non-hydrogen) atoms. The van der Waals surface area contributed by atoms with Crippen LogP contribution in [0.4, 0.5) is 5.69 Å². The minimum atomic E-state index is -0.209. The monoisotopic (exact) mass is 279 g/mol. The van der Waals surface area contributed by atoms with E-state index in [-0.39, 0.29) is 5.78 Å². The van der Waals surface area contributed by atoms with Crippen molar-refractivity contribution in [1.29, 1.82) is 0 Å². The summed E-state index contributed by atoms with van der Waals surface area (Å²) in [6, 6.07) is 9.19. The molecule has 0 aliphatic heterocycles. The van der Waals surface area contributed by atoms with Crippen molar-refractivity contribution in [3.63, 3.8) is 0 Å². The Bertz CT molecular complexity index is 650. The Balaban J connectivity index is 2.12. The molecule has 1 aromatic heterocycles. The molecule has 0 amide bonds. The van der Waals surface area contributed by atoms with E-state index in [0.29, 0.717) is 11.3 Å². The number of hydrogen-bond donors (Lipinski definition) is 0. The van der Waals surface area contributed by atoms with E-state index in [2.05, 4.69) is 40.6 Å². The highest BCUT2D eigenvalue weighted by atomic mass is 16.1. The molecule has 0 unspecified atom stereocenters. The molecule has 0 spiro atoms. The lowest BCUT2D eigenvalue weighted by molar-refractivity contribution is 0.105. The summed E-state index contributed by atoms with van der Waals surface area (Å²) >= 11 is 0. The van der Waals surface area contributed by atoms with Crippen molar-refractivity contribution in [3.8, 4) is 11.8 Å². The average Bonchev–Trinajstić information content (AvgIpc) is 2.55. The maximum Gasteiger partial charge on any atom is 0.236 e. The van der Waals surface area contributed by atoms with Gasteiger partial charge >= 0.3 is 0 Å². The fourth-order valence-corrected chi connectivity index (χ4v) is 1.97. The first-order valence-corrected chi connectivity index (χ1v) is 6.92. The molecule has 0 aliphatic rings. The zero-order valence-corrected chi connectivity index (χ0v) is 12.2. The number of aromatic nitrogens is 2. The molecule has 0 fully saturated rings. The highest BCUT2D eigenvalue weighted by molar-refractivity contribution is 6.09. The summed E-state index contributed by atoms with van der Waals surface area (Å²) in [4.78, 5) is 22.0. The van der Waals surface area contributed by atoms with Crippen LogP contribution < -0.4 is 4.90 Å². The predicted octanol–water partition coefficient (Wildman–Crippen LogP) is 2.56. The molecule has 0 aliphatic carbocycles. The van der Waals surface area contributed by atoms with Crippen molar-refractivity contribution in [2.45, 2.75) is 13.8 Å². The average molecular weight is 279 g/mol. The van der Waals surface area contributed by atoms with E-state index >= 15 is 0 Å². The molecule has 0 atom stereocenters. The molecule has 0 N–H and O–H groups in total. The van der Waals surface area contributed by atoms with E-state index < -0.39 is 0 Å². The summed E-state index contributed by atoms with van der Waals surface area (Å²) in [5, 5.41) is 0. The predicted molar refractivity (Wildman–Crippen MR) is 83.2 cm³/mol. The highest BCUT2D eigenvalue weighted by Crippen LogP contribution is 2.15. The summed E-state index contributed by atoms with van der Waals surface area (Å²) in [5.74, 6) is 5.13. The SMILES string of the molecule is CCN(CC)c1ccc(C(=O)C#Cc2ccncn2)cc1. The number of rotatable bonds is 4. The lowest BCUT2D eigenvalue weighted by Gasteiger charge is -2.20. The highest BCUT2D eigenvalue weighted by Gasteiger charge is 2.05. The Labute approximate surface area is 124 Å². The summed E-state index contributed by atoms with van der Waals surface area (Å²) in [6.07, 6.45) is 3.01. The third-order valence-electron chi connectivity index (χ3n) is 3.14. The van der Waals surface area contributed by atoms with Gasteiger partial charge in [0.05, 0.1) is 0 Å². The minimum absolute atomic E-state index is 0.209. The number of ketones is 1. The fourth-order valence-electron chi connectivity index (χ4n) is 1.97. The largest absolute Gasteiger partial charge is 0.372 e. The molecule has 0 radical (unpaired) electrons. The number of anilines is 1. The Hall–Kier alpha value is -2.67. The number of nitrogens with zero attached hydrogens (tertiary/aromatic N) is 3. The van der Waals surface area contributed by atoms with Crippen molar-refractivity contribution < 1.29 is 4.79 Å². The first kappa shape index (κ1) is 14.7. The van der Waals surface area contributed by atoms with E-state index in [9.17, 15) is 4.79 Å². The van der Waals surface area contributed by atoms with Gasteiger partial charge in [0, 0.05) is 30.5 Å². The molecule has 0 bridgehead atoms. The second kappa shape index (κ2) is 7.20. The number of hydrogen-bond acceptors (Lipinski definition) is 4. The van der Waals surface area contributed by atoms with Gasteiger partial charge < -0.3 is 4.90 Å². The normalized spacial score (nSPS) is 9.62. The number of Topliss-reactive ketones (excluding diaryl/α,β-unsaturated/α-hetero) is 1. The Morgan fingerprint density at radius 2 is 1.86 bits per heavy atom. The van der Waals surface area contributed by atoms with E-state index in [1.54, 1.807) is 12.3 Å². The molecule has 2 rings (SSSR count). The maximum atomic E-state index is 12.0. The van der Waals surface area contributed by atoms with E-state index in [4.69, 9.17) is 0 Å². The number of benzene rings is 1. The van der Waals surface area contributed by atoms with Gasteiger partial charge in [-0.3, -0.25) is 4.79 Å². The van der Waals surface area contributed by atoms with E-state index in [0.717, 1.165) is 18.8 Å². The van der Waals surface area contributed by atoms with Crippen LogP contribution in [0, 0.1) is 11.8 Å². The van der Waals surface area contributed by atoms with Gasteiger partial charge in [0.2, 0.25) is 5.78 Å². The van der Waals surface area contributed by atoms with Gasteiger partial charge in [-0.1, -0.05) is 0 Å². The molecule has 4 nitrogen and oxygen atoms in total. The standard InChI is InChI=1S/C17H17N3O/c1-3-20(4-2)16-8-5-14(6-9-16)17(21)10-7-15-11-12-18-13-19-15/h5-6,8-9,11-13H,3-4H2,1-2H3. The van der Waals surface area contributed by atoms with Gasteiger partial charge in [-0.2, -0.15) is 0 Å². The second-order valence-corrected chi connectivity index (χ2v) is 4.39. The van der Waals surface area contributed by atoms with Gasteiger partial charge in [-0.25, -0.2) is 9.97 Å². The third kappa shape index (κ3) is 3.90. The Morgan fingerprint density at radius 1 is 1.14 bits per heavy atom. The van der Waals surface area contributed by atoms with Crippen molar-refractivity contribution in [3.05, 3.63) is 54.1 Å². The van der Waals surface area contributed by atoms with Crippen LogP contribution in [0.2, 0.25) is 0 Å². The van der Waals surface area contributed by atoms with Crippen LogP contribution in [0.5, 0.6) is 0 Å². The zero-order valence-electron chi connectivity index (χ0n) is 12.2. The molecule has 1 heterocycles. The van der Waals surface area contributed by atoms with Gasteiger partial charge in [0.25, 0.3) is 0 Å². The van der Waals surface area contributed by atoms with Crippen LogP contribution >= 0.6 is 0 Å². The lowest BCUT2D eigenvalue weighted by Crippen LogP contribution is -2.21. The summed E-state index contributed by atoms with van der Waals surface area (Å²) in [7, 11) is 0. The van der Waals surface area contributed by atoms with Crippen molar-refractivity contribution in [2.75, 3.05) is 18.0 Å².